The van der Waals surface area contributed by atoms with Crippen molar-refractivity contribution >= 4 is 10.9 Å². The zero-order valence-corrected chi connectivity index (χ0v) is 13.0. The molecular formula is C18H20N2O. The second kappa shape index (κ2) is 5.24. The van der Waals surface area contributed by atoms with E-state index in [1.165, 1.54) is 16.6 Å². The molecule has 3 rings (SSSR count). The highest BCUT2D eigenvalue weighted by molar-refractivity contribution is 5.81. The van der Waals surface area contributed by atoms with Crippen molar-refractivity contribution in [3.05, 3.63) is 59.0 Å². The summed E-state index contributed by atoms with van der Waals surface area (Å²) in [5.74, 6) is 0.939. The van der Waals surface area contributed by atoms with Gasteiger partial charge in [0.25, 0.3) is 0 Å². The summed E-state index contributed by atoms with van der Waals surface area (Å²) >= 11 is 0. The third-order valence-corrected chi connectivity index (χ3v) is 4.08. The Morgan fingerprint density at radius 1 is 1.14 bits per heavy atom. The number of pyridine rings is 1. The Morgan fingerprint density at radius 3 is 2.67 bits per heavy atom. The van der Waals surface area contributed by atoms with Gasteiger partial charge in [-0.2, -0.15) is 0 Å². The van der Waals surface area contributed by atoms with Crippen molar-refractivity contribution in [2.45, 2.75) is 27.3 Å². The van der Waals surface area contributed by atoms with Crippen LogP contribution in [-0.4, -0.2) is 16.7 Å². The van der Waals surface area contributed by atoms with Gasteiger partial charge in [0.05, 0.1) is 19.3 Å². The van der Waals surface area contributed by atoms with Crippen molar-refractivity contribution in [3.63, 3.8) is 0 Å². The van der Waals surface area contributed by atoms with Gasteiger partial charge in [0.1, 0.15) is 5.75 Å². The van der Waals surface area contributed by atoms with Gasteiger partial charge >= 0.3 is 0 Å². The number of hydrogen-bond donors (Lipinski definition) is 0. The minimum Gasteiger partial charge on any atom is -0.496 e. The van der Waals surface area contributed by atoms with Crippen LogP contribution in [0, 0.1) is 20.8 Å². The average molecular weight is 280 g/mol. The first-order valence-corrected chi connectivity index (χ1v) is 7.15. The Morgan fingerprint density at radius 2 is 1.90 bits per heavy atom. The molecule has 3 nitrogen and oxygen atoms in total. The molecule has 3 heteroatoms. The molecule has 2 heterocycles. The van der Waals surface area contributed by atoms with Crippen LogP contribution in [0.25, 0.3) is 10.9 Å². The number of nitrogens with zero attached hydrogens (tertiary/aromatic N) is 2. The van der Waals surface area contributed by atoms with Crippen molar-refractivity contribution in [1.29, 1.82) is 0 Å². The topological polar surface area (TPSA) is 27.1 Å². The van der Waals surface area contributed by atoms with Gasteiger partial charge in [-0.15, -0.1) is 0 Å². The van der Waals surface area contributed by atoms with Crippen LogP contribution in [0.1, 0.15) is 22.5 Å². The average Bonchev–Trinajstić information content (AvgIpc) is 2.78. The molecule has 0 bridgehead atoms. The third-order valence-electron chi connectivity index (χ3n) is 4.08. The van der Waals surface area contributed by atoms with Gasteiger partial charge in [0, 0.05) is 28.5 Å². The lowest BCUT2D eigenvalue weighted by molar-refractivity contribution is 0.406. The summed E-state index contributed by atoms with van der Waals surface area (Å²) in [4.78, 5) is 4.61. The number of fused-ring (bicyclic) bond motifs is 1. The van der Waals surface area contributed by atoms with E-state index in [1.54, 1.807) is 7.11 Å². The first-order chi connectivity index (χ1) is 10.1. The summed E-state index contributed by atoms with van der Waals surface area (Å²) in [6.45, 7) is 7.01. The van der Waals surface area contributed by atoms with E-state index in [-0.39, 0.29) is 0 Å². The molecule has 0 spiro atoms. The Hall–Kier alpha value is -2.29. The molecule has 0 atom stereocenters. The SMILES string of the molecule is COc1c(C)cnc(Cn2c(C)cc3ccccc32)c1C. The molecular weight excluding hydrogens is 260 g/mol. The van der Waals surface area contributed by atoms with Crippen LogP contribution in [-0.2, 0) is 6.54 Å². The van der Waals surface area contributed by atoms with E-state index in [9.17, 15) is 0 Å². The maximum Gasteiger partial charge on any atom is 0.128 e. The molecule has 21 heavy (non-hydrogen) atoms. The maximum absolute atomic E-state index is 5.50. The second-order valence-electron chi connectivity index (χ2n) is 5.48. The van der Waals surface area contributed by atoms with Gasteiger partial charge in [-0.05, 0) is 38.3 Å². The van der Waals surface area contributed by atoms with Crippen molar-refractivity contribution in [1.82, 2.24) is 9.55 Å². The first kappa shape index (κ1) is 13.7. The number of methoxy groups -OCH3 is 1. The summed E-state index contributed by atoms with van der Waals surface area (Å²) < 4.78 is 7.81. The van der Waals surface area contributed by atoms with Crippen molar-refractivity contribution in [3.8, 4) is 5.75 Å². The molecule has 0 aliphatic rings. The van der Waals surface area contributed by atoms with Crippen molar-refractivity contribution in [2.75, 3.05) is 7.11 Å². The molecule has 0 aliphatic heterocycles. The fraction of sp³-hybridized carbons (Fsp3) is 0.278. The molecule has 0 amide bonds. The quantitative estimate of drug-likeness (QED) is 0.724. The molecule has 0 N–H and O–H groups in total. The predicted molar refractivity (Wildman–Crippen MR) is 86.0 cm³/mol. The summed E-state index contributed by atoms with van der Waals surface area (Å²) in [5.41, 5.74) is 5.75. The van der Waals surface area contributed by atoms with Crippen LogP contribution in [0.4, 0.5) is 0 Å². The smallest absolute Gasteiger partial charge is 0.128 e. The van der Waals surface area contributed by atoms with Crippen LogP contribution in [0.2, 0.25) is 0 Å². The molecule has 0 aliphatic carbocycles. The first-order valence-electron chi connectivity index (χ1n) is 7.15. The molecule has 0 radical (unpaired) electrons. The highest BCUT2D eigenvalue weighted by Crippen LogP contribution is 2.26. The highest BCUT2D eigenvalue weighted by Gasteiger charge is 2.12. The van der Waals surface area contributed by atoms with E-state index in [0.29, 0.717) is 0 Å². The standard InChI is InChI=1S/C18H20N2O/c1-12-10-19-16(14(3)18(12)21-4)11-20-13(2)9-15-7-5-6-8-17(15)20/h5-10H,11H2,1-4H3. The van der Waals surface area contributed by atoms with Gasteiger partial charge in [-0.3, -0.25) is 4.98 Å². The molecule has 0 saturated heterocycles. The molecule has 0 saturated carbocycles. The minimum absolute atomic E-state index is 0.766. The Balaban J connectivity index is 2.09. The van der Waals surface area contributed by atoms with Gasteiger partial charge in [-0.25, -0.2) is 0 Å². The van der Waals surface area contributed by atoms with Gasteiger partial charge in [0.15, 0.2) is 0 Å². The normalized spacial score (nSPS) is 11.0. The Kier molecular flexibility index (Phi) is 3.42. The highest BCUT2D eigenvalue weighted by atomic mass is 16.5. The fourth-order valence-electron chi connectivity index (χ4n) is 2.94. The molecule has 108 valence electrons. The summed E-state index contributed by atoms with van der Waals surface area (Å²) in [5, 5.41) is 1.27. The van der Waals surface area contributed by atoms with E-state index < -0.39 is 0 Å². The van der Waals surface area contributed by atoms with E-state index in [4.69, 9.17) is 4.74 Å². The zero-order valence-electron chi connectivity index (χ0n) is 13.0. The van der Waals surface area contributed by atoms with E-state index >= 15 is 0 Å². The number of rotatable bonds is 3. The lowest BCUT2D eigenvalue weighted by Gasteiger charge is -2.14. The van der Waals surface area contributed by atoms with Crippen molar-refractivity contribution in [2.24, 2.45) is 0 Å². The summed E-state index contributed by atoms with van der Waals surface area (Å²) in [6, 6.07) is 10.7. The van der Waals surface area contributed by atoms with E-state index in [1.807, 2.05) is 13.1 Å². The largest absolute Gasteiger partial charge is 0.496 e. The predicted octanol–water partition coefficient (Wildman–Crippen LogP) is 4.02. The minimum atomic E-state index is 0.766. The number of ether oxygens (including phenoxy) is 1. The van der Waals surface area contributed by atoms with Crippen LogP contribution in [0.5, 0.6) is 5.75 Å². The third kappa shape index (κ3) is 2.29. The van der Waals surface area contributed by atoms with Crippen LogP contribution in [0.15, 0.2) is 36.5 Å². The summed E-state index contributed by atoms with van der Waals surface area (Å²) in [7, 11) is 1.72. The fourth-order valence-corrected chi connectivity index (χ4v) is 2.94. The monoisotopic (exact) mass is 280 g/mol. The van der Waals surface area contributed by atoms with E-state index in [2.05, 4.69) is 53.7 Å². The van der Waals surface area contributed by atoms with Gasteiger partial charge in [-0.1, -0.05) is 18.2 Å². The molecule has 0 fully saturated rings. The van der Waals surface area contributed by atoms with Crippen LogP contribution >= 0.6 is 0 Å². The number of para-hydroxylation sites is 1. The van der Waals surface area contributed by atoms with E-state index in [0.717, 1.165) is 29.1 Å². The maximum atomic E-state index is 5.50. The number of benzene rings is 1. The van der Waals surface area contributed by atoms with Crippen LogP contribution < -0.4 is 4.74 Å². The van der Waals surface area contributed by atoms with Crippen LogP contribution in [0.3, 0.4) is 0 Å². The zero-order chi connectivity index (χ0) is 15.0. The van der Waals surface area contributed by atoms with Gasteiger partial charge < -0.3 is 9.30 Å². The Bertz CT molecular complexity index is 802. The second-order valence-corrected chi connectivity index (χ2v) is 5.48. The number of aryl methyl sites for hydroxylation is 2. The lowest BCUT2D eigenvalue weighted by atomic mass is 10.1. The molecule has 2 aromatic heterocycles. The number of aromatic nitrogens is 2. The number of hydrogen-bond acceptors (Lipinski definition) is 2. The molecule has 3 aromatic rings. The molecule has 0 unspecified atom stereocenters. The lowest BCUT2D eigenvalue weighted by Crippen LogP contribution is -2.07. The Labute approximate surface area is 125 Å². The molecule has 1 aromatic carbocycles. The van der Waals surface area contributed by atoms with Crippen molar-refractivity contribution < 1.29 is 4.74 Å². The summed E-state index contributed by atoms with van der Waals surface area (Å²) in [6.07, 6.45) is 1.89. The van der Waals surface area contributed by atoms with Gasteiger partial charge in [0.2, 0.25) is 0 Å².